The van der Waals surface area contributed by atoms with E-state index in [9.17, 15) is 4.79 Å². The van der Waals surface area contributed by atoms with Gasteiger partial charge >= 0.3 is 0 Å². The lowest BCUT2D eigenvalue weighted by molar-refractivity contribution is -0.135. The van der Waals surface area contributed by atoms with Crippen LogP contribution >= 0.6 is 39.1 Å². The summed E-state index contributed by atoms with van der Waals surface area (Å²) in [5.74, 6) is 0.0496. The molecule has 1 aromatic rings. The van der Waals surface area contributed by atoms with E-state index < -0.39 is 4.32 Å². The summed E-state index contributed by atoms with van der Waals surface area (Å²) in [5, 5.41) is 1.03. The number of halogens is 3. The Kier molecular flexibility index (Phi) is 5.72. The second kappa shape index (κ2) is 6.47. The van der Waals surface area contributed by atoms with Crippen LogP contribution in [0.5, 0.6) is 0 Å². The van der Waals surface area contributed by atoms with E-state index >= 15 is 0 Å². The zero-order valence-corrected chi connectivity index (χ0v) is 14.6. The number of carbonyl (C=O) groups is 1. The van der Waals surface area contributed by atoms with Crippen LogP contribution in [0.15, 0.2) is 18.2 Å². The summed E-state index contributed by atoms with van der Waals surface area (Å²) in [6.45, 7) is 8.20. The summed E-state index contributed by atoms with van der Waals surface area (Å²) in [6, 6.07) is 5.55. The molecule has 0 radical (unpaired) electrons. The van der Waals surface area contributed by atoms with Gasteiger partial charge in [0.2, 0.25) is 5.91 Å². The molecule has 106 valence electrons. The molecule has 0 atom stereocenters. The zero-order valence-electron chi connectivity index (χ0n) is 11.5. The lowest BCUT2D eigenvalue weighted by atomic mass is 10.1. The third kappa shape index (κ3) is 4.66. The molecular weight excluding hydrogens is 349 g/mol. The number of benzene rings is 1. The van der Waals surface area contributed by atoms with Gasteiger partial charge in [-0.25, -0.2) is 0 Å². The van der Waals surface area contributed by atoms with Crippen molar-refractivity contribution in [3.05, 3.63) is 33.8 Å². The van der Waals surface area contributed by atoms with E-state index in [0.717, 1.165) is 5.56 Å². The quantitative estimate of drug-likeness (QED) is 0.693. The Morgan fingerprint density at radius 1 is 1.32 bits per heavy atom. The molecule has 0 aliphatic heterocycles. The molecule has 0 bridgehead atoms. The molecule has 1 rings (SSSR count). The molecule has 1 aromatic carbocycles. The van der Waals surface area contributed by atoms with E-state index in [1.54, 1.807) is 12.1 Å². The first-order chi connectivity index (χ1) is 8.62. The molecule has 5 heteroatoms. The normalized spacial score (nSPS) is 11.8. The monoisotopic (exact) mass is 365 g/mol. The maximum Gasteiger partial charge on any atom is 0.239 e. The minimum absolute atomic E-state index is 0.0496. The van der Waals surface area contributed by atoms with Crippen LogP contribution in [0.25, 0.3) is 0 Å². The third-order valence-corrected chi connectivity index (χ3v) is 3.81. The van der Waals surface area contributed by atoms with Gasteiger partial charge in [-0.3, -0.25) is 4.79 Å². The van der Waals surface area contributed by atoms with Crippen molar-refractivity contribution < 1.29 is 4.79 Å². The van der Waals surface area contributed by atoms with E-state index in [1.165, 1.54) is 0 Å². The van der Waals surface area contributed by atoms with Crippen molar-refractivity contribution in [3.8, 4) is 0 Å². The molecular formula is C14H18BrCl2NO. The molecule has 0 aliphatic rings. The van der Waals surface area contributed by atoms with Gasteiger partial charge in [0.15, 0.2) is 0 Å². The molecule has 0 aromatic heterocycles. The fourth-order valence-electron chi connectivity index (χ4n) is 1.67. The minimum atomic E-state index is -0.576. The van der Waals surface area contributed by atoms with Crippen LogP contribution in [0.2, 0.25) is 10.0 Å². The number of rotatable bonds is 4. The molecule has 0 N–H and O–H groups in total. The molecule has 0 saturated carbocycles. The van der Waals surface area contributed by atoms with Crippen molar-refractivity contribution in [3.63, 3.8) is 0 Å². The van der Waals surface area contributed by atoms with Crippen molar-refractivity contribution >= 4 is 45.0 Å². The zero-order chi connectivity index (χ0) is 14.8. The van der Waals surface area contributed by atoms with E-state index in [0.29, 0.717) is 16.6 Å². The molecule has 1 amide bonds. The van der Waals surface area contributed by atoms with Crippen molar-refractivity contribution in [2.24, 2.45) is 0 Å². The molecule has 0 heterocycles. The first-order valence-corrected chi connectivity index (χ1v) is 7.61. The molecule has 0 unspecified atom stereocenters. The topological polar surface area (TPSA) is 20.3 Å². The second-order valence-corrected chi connectivity index (χ2v) is 8.04. The Labute approximate surface area is 133 Å². The molecule has 0 fully saturated rings. The van der Waals surface area contributed by atoms with Crippen molar-refractivity contribution in [1.29, 1.82) is 0 Å². The van der Waals surface area contributed by atoms with Crippen LogP contribution < -0.4 is 0 Å². The van der Waals surface area contributed by atoms with Crippen LogP contribution in [-0.4, -0.2) is 21.2 Å². The molecule has 2 nitrogen and oxygen atoms in total. The Hall–Kier alpha value is -0.250. The van der Waals surface area contributed by atoms with E-state index in [4.69, 9.17) is 23.2 Å². The summed E-state index contributed by atoms with van der Waals surface area (Å²) in [6.07, 6.45) is 0. The summed E-state index contributed by atoms with van der Waals surface area (Å²) in [4.78, 5) is 14.2. The Bertz CT molecular complexity index is 469. The maximum atomic E-state index is 12.4. The van der Waals surface area contributed by atoms with Crippen molar-refractivity contribution in [2.75, 3.05) is 0 Å². The van der Waals surface area contributed by atoms with Gasteiger partial charge in [-0.2, -0.15) is 0 Å². The van der Waals surface area contributed by atoms with Gasteiger partial charge in [-0.05, 0) is 45.4 Å². The van der Waals surface area contributed by atoms with Gasteiger partial charge in [-0.15, -0.1) is 0 Å². The van der Waals surface area contributed by atoms with Gasteiger partial charge in [0.05, 0.1) is 14.4 Å². The summed E-state index contributed by atoms with van der Waals surface area (Å²) in [5.41, 5.74) is 0.966. The van der Waals surface area contributed by atoms with Crippen molar-refractivity contribution in [2.45, 2.75) is 44.6 Å². The van der Waals surface area contributed by atoms with E-state index in [1.807, 2.05) is 38.7 Å². The molecule has 19 heavy (non-hydrogen) atoms. The van der Waals surface area contributed by atoms with E-state index in [2.05, 4.69) is 15.9 Å². The first kappa shape index (κ1) is 16.8. The minimum Gasteiger partial charge on any atom is -0.335 e. The Balaban J connectivity index is 2.96. The number of hydrogen-bond acceptors (Lipinski definition) is 1. The standard InChI is InChI=1S/C14H18BrCl2NO/c1-9(2)18(13(19)14(3,4)15)8-10-5-6-11(16)12(17)7-10/h5-7,9H,8H2,1-4H3. The highest BCUT2D eigenvalue weighted by molar-refractivity contribution is 9.10. The van der Waals surface area contributed by atoms with Gasteiger partial charge in [-0.1, -0.05) is 45.2 Å². The lowest BCUT2D eigenvalue weighted by Gasteiger charge is -2.32. The summed E-state index contributed by atoms with van der Waals surface area (Å²) < 4.78 is -0.576. The SMILES string of the molecule is CC(C)N(Cc1ccc(Cl)c(Cl)c1)C(=O)C(C)(C)Br. The fraction of sp³-hybridized carbons (Fsp3) is 0.500. The number of hydrogen-bond donors (Lipinski definition) is 0. The first-order valence-electron chi connectivity index (χ1n) is 6.07. The third-order valence-electron chi connectivity index (χ3n) is 2.73. The van der Waals surface area contributed by atoms with Gasteiger partial charge < -0.3 is 4.90 Å². The van der Waals surface area contributed by atoms with E-state index in [-0.39, 0.29) is 11.9 Å². The van der Waals surface area contributed by atoms with Crippen LogP contribution in [0.4, 0.5) is 0 Å². The van der Waals surface area contributed by atoms with Crippen LogP contribution in [0.1, 0.15) is 33.3 Å². The fourth-order valence-corrected chi connectivity index (χ4v) is 2.21. The molecule has 0 spiro atoms. The second-order valence-electron chi connectivity index (χ2n) is 5.25. The van der Waals surface area contributed by atoms with Crippen LogP contribution in [-0.2, 0) is 11.3 Å². The number of nitrogens with zero attached hydrogens (tertiary/aromatic N) is 1. The van der Waals surface area contributed by atoms with Crippen LogP contribution in [0.3, 0.4) is 0 Å². The predicted molar refractivity (Wildman–Crippen MR) is 85.2 cm³/mol. The average molecular weight is 367 g/mol. The highest BCUT2D eigenvalue weighted by Gasteiger charge is 2.30. The highest BCUT2D eigenvalue weighted by atomic mass is 79.9. The van der Waals surface area contributed by atoms with Crippen LogP contribution in [0, 0.1) is 0 Å². The average Bonchev–Trinajstić information content (AvgIpc) is 2.28. The largest absolute Gasteiger partial charge is 0.335 e. The number of alkyl halides is 1. The Morgan fingerprint density at radius 2 is 1.89 bits per heavy atom. The Morgan fingerprint density at radius 3 is 2.32 bits per heavy atom. The number of amides is 1. The maximum absolute atomic E-state index is 12.4. The number of carbonyl (C=O) groups excluding carboxylic acids is 1. The van der Waals surface area contributed by atoms with Gasteiger partial charge in [0.1, 0.15) is 0 Å². The highest BCUT2D eigenvalue weighted by Crippen LogP contribution is 2.26. The smallest absolute Gasteiger partial charge is 0.239 e. The molecule has 0 saturated heterocycles. The van der Waals surface area contributed by atoms with Gasteiger partial charge in [0, 0.05) is 12.6 Å². The lowest BCUT2D eigenvalue weighted by Crippen LogP contribution is -2.44. The molecule has 0 aliphatic carbocycles. The predicted octanol–water partition coefficient (Wildman–Crippen LogP) is 4.90. The summed E-state index contributed by atoms with van der Waals surface area (Å²) >= 11 is 15.3. The van der Waals surface area contributed by atoms with Crippen molar-refractivity contribution in [1.82, 2.24) is 4.90 Å². The summed E-state index contributed by atoms with van der Waals surface area (Å²) in [7, 11) is 0. The van der Waals surface area contributed by atoms with Gasteiger partial charge in [0.25, 0.3) is 0 Å².